The predicted molar refractivity (Wildman–Crippen MR) is 84.2 cm³/mol. The van der Waals surface area contributed by atoms with Gasteiger partial charge < -0.3 is 5.11 Å². The van der Waals surface area contributed by atoms with Crippen molar-refractivity contribution in [3.8, 4) is 6.07 Å². The van der Waals surface area contributed by atoms with Crippen molar-refractivity contribution >= 4 is 22.9 Å². The van der Waals surface area contributed by atoms with Crippen molar-refractivity contribution < 1.29 is 9.90 Å². The van der Waals surface area contributed by atoms with Crippen LogP contribution in [0.2, 0.25) is 0 Å². The van der Waals surface area contributed by atoms with Crippen LogP contribution in [0, 0.1) is 18.3 Å². The highest BCUT2D eigenvalue weighted by atomic mass is 16.3. The average Bonchev–Trinajstić information content (AvgIpc) is 2.79. The Kier molecular flexibility index (Phi) is 3.32. The lowest BCUT2D eigenvalue weighted by molar-refractivity contribution is 0.104. The van der Waals surface area contributed by atoms with Crippen molar-refractivity contribution in [3.63, 3.8) is 0 Å². The number of hydrogen-bond acceptors (Lipinski definition) is 4. The van der Waals surface area contributed by atoms with E-state index < -0.39 is 0 Å². The van der Waals surface area contributed by atoms with E-state index in [-0.39, 0.29) is 22.8 Å². The Morgan fingerprint density at radius 2 is 1.73 bits per heavy atom. The number of allylic oxidation sites excluding steroid dienone is 1. The van der Waals surface area contributed by atoms with Crippen LogP contribution in [0.5, 0.6) is 0 Å². The fraction of sp³-hybridized carbons (Fsp3) is 0.0556. The van der Waals surface area contributed by atoms with Crippen LogP contribution in [-0.2, 0) is 0 Å². The van der Waals surface area contributed by atoms with Gasteiger partial charge in [0, 0.05) is 11.1 Å². The molecule has 0 unspecified atom stereocenters. The molecule has 1 aliphatic rings. The molecule has 2 aromatic rings. The minimum absolute atomic E-state index is 0.0377. The van der Waals surface area contributed by atoms with Crippen molar-refractivity contribution in [2.45, 2.75) is 6.92 Å². The highest BCUT2D eigenvalue weighted by Gasteiger charge is 2.32. The molecular weight excluding hydrogens is 276 g/mol. The fourth-order valence-electron chi connectivity index (χ4n) is 2.37. The summed E-state index contributed by atoms with van der Waals surface area (Å²) in [6.07, 6.45) is 0. The SMILES string of the molecule is Cc1ccc(N=C(C#N)C2=C(O)c3ccccc3C2=O)cc1. The number of fused-ring (bicyclic) bond motifs is 1. The standard InChI is InChI=1S/C18H12N2O2/c1-11-6-8-12(9-7-11)20-15(10-19)16-17(21)13-4-2-3-5-14(13)18(16)22/h2-9,21H,1H3. The van der Waals surface area contributed by atoms with Gasteiger partial charge in [0.25, 0.3) is 0 Å². The van der Waals surface area contributed by atoms with Crippen LogP contribution in [0.25, 0.3) is 5.76 Å². The van der Waals surface area contributed by atoms with Gasteiger partial charge in [-0.15, -0.1) is 0 Å². The summed E-state index contributed by atoms with van der Waals surface area (Å²) in [4.78, 5) is 16.6. The summed E-state index contributed by atoms with van der Waals surface area (Å²) >= 11 is 0. The molecule has 1 N–H and O–H groups in total. The van der Waals surface area contributed by atoms with E-state index in [4.69, 9.17) is 0 Å². The summed E-state index contributed by atoms with van der Waals surface area (Å²) in [6.45, 7) is 1.95. The molecule has 4 heteroatoms. The highest BCUT2D eigenvalue weighted by Crippen LogP contribution is 2.32. The third-order valence-electron chi connectivity index (χ3n) is 3.51. The molecule has 0 spiro atoms. The molecule has 0 radical (unpaired) electrons. The lowest BCUT2D eigenvalue weighted by Gasteiger charge is -2.00. The summed E-state index contributed by atoms with van der Waals surface area (Å²) in [5, 5.41) is 19.6. The molecule has 0 heterocycles. The van der Waals surface area contributed by atoms with E-state index in [9.17, 15) is 15.2 Å². The van der Waals surface area contributed by atoms with Gasteiger partial charge in [0.05, 0.1) is 5.69 Å². The molecule has 0 bridgehead atoms. The van der Waals surface area contributed by atoms with Crippen LogP contribution >= 0.6 is 0 Å². The lowest BCUT2D eigenvalue weighted by atomic mass is 10.1. The quantitative estimate of drug-likeness (QED) is 0.855. The molecule has 0 aliphatic heterocycles. The van der Waals surface area contributed by atoms with Gasteiger partial charge >= 0.3 is 0 Å². The second-order valence-electron chi connectivity index (χ2n) is 5.01. The van der Waals surface area contributed by atoms with E-state index in [0.29, 0.717) is 16.8 Å². The summed E-state index contributed by atoms with van der Waals surface area (Å²) < 4.78 is 0. The highest BCUT2D eigenvalue weighted by molar-refractivity contribution is 6.39. The number of Topliss-reactive ketones (excluding diaryl/α,β-unsaturated/α-hetero) is 1. The number of aryl methyl sites for hydroxylation is 1. The number of carbonyl (C=O) groups is 1. The Balaban J connectivity index is 2.10. The summed E-state index contributed by atoms with van der Waals surface area (Å²) in [5.41, 5.74) is 2.35. The zero-order chi connectivity index (χ0) is 15.7. The Morgan fingerprint density at radius 1 is 1.09 bits per heavy atom. The molecule has 0 fully saturated rings. The number of carbonyl (C=O) groups excluding carboxylic acids is 1. The van der Waals surface area contributed by atoms with E-state index in [1.165, 1.54) is 0 Å². The van der Waals surface area contributed by atoms with Crippen LogP contribution in [0.1, 0.15) is 21.5 Å². The number of aliphatic hydroxyl groups is 1. The van der Waals surface area contributed by atoms with Crippen LogP contribution < -0.4 is 0 Å². The molecule has 4 nitrogen and oxygen atoms in total. The molecule has 22 heavy (non-hydrogen) atoms. The Morgan fingerprint density at radius 3 is 2.32 bits per heavy atom. The molecule has 0 saturated heterocycles. The van der Waals surface area contributed by atoms with Gasteiger partial charge in [-0.25, -0.2) is 4.99 Å². The average molecular weight is 288 g/mol. The van der Waals surface area contributed by atoms with Gasteiger partial charge in [0.1, 0.15) is 17.4 Å². The number of hydrogen-bond donors (Lipinski definition) is 1. The largest absolute Gasteiger partial charge is 0.506 e. The van der Waals surface area contributed by atoms with E-state index in [2.05, 4.69) is 4.99 Å². The number of nitrogens with zero attached hydrogens (tertiary/aromatic N) is 2. The first kappa shape index (κ1) is 13.8. The molecular formula is C18H12N2O2. The maximum atomic E-state index is 12.4. The van der Waals surface area contributed by atoms with E-state index in [1.807, 2.05) is 25.1 Å². The first-order valence-corrected chi connectivity index (χ1v) is 6.75. The summed E-state index contributed by atoms with van der Waals surface area (Å²) in [7, 11) is 0. The van der Waals surface area contributed by atoms with Gasteiger partial charge in [0.2, 0.25) is 0 Å². The summed E-state index contributed by atoms with van der Waals surface area (Å²) in [6, 6.07) is 15.9. The monoisotopic (exact) mass is 288 g/mol. The number of aliphatic hydroxyl groups excluding tert-OH is 1. The molecule has 0 aromatic heterocycles. The number of nitriles is 1. The number of rotatable bonds is 2. The summed E-state index contributed by atoms with van der Waals surface area (Å²) in [5.74, 6) is -0.562. The molecule has 0 atom stereocenters. The topological polar surface area (TPSA) is 73.4 Å². The van der Waals surface area contributed by atoms with E-state index in [0.717, 1.165) is 5.56 Å². The smallest absolute Gasteiger partial charge is 0.200 e. The Labute approximate surface area is 127 Å². The van der Waals surface area contributed by atoms with Crippen molar-refractivity contribution in [3.05, 3.63) is 70.8 Å². The van der Waals surface area contributed by atoms with Gasteiger partial charge in [0.15, 0.2) is 11.5 Å². The van der Waals surface area contributed by atoms with Crippen molar-refractivity contribution in [1.29, 1.82) is 5.26 Å². The third-order valence-corrected chi connectivity index (χ3v) is 3.51. The van der Waals surface area contributed by atoms with Crippen LogP contribution in [0.3, 0.4) is 0 Å². The molecule has 0 saturated carbocycles. The minimum Gasteiger partial charge on any atom is -0.506 e. The van der Waals surface area contributed by atoms with E-state index in [1.54, 1.807) is 36.4 Å². The Hall–Kier alpha value is -3.19. The normalized spacial score (nSPS) is 14.0. The maximum Gasteiger partial charge on any atom is 0.200 e. The first-order chi connectivity index (χ1) is 10.6. The zero-order valence-electron chi connectivity index (χ0n) is 11.9. The van der Waals surface area contributed by atoms with Crippen molar-refractivity contribution in [2.24, 2.45) is 4.99 Å². The lowest BCUT2D eigenvalue weighted by Crippen LogP contribution is -2.08. The van der Waals surface area contributed by atoms with Gasteiger partial charge in [-0.3, -0.25) is 4.79 Å². The van der Waals surface area contributed by atoms with Gasteiger partial charge in [-0.2, -0.15) is 5.26 Å². The molecule has 3 rings (SSSR count). The molecule has 2 aromatic carbocycles. The van der Waals surface area contributed by atoms with E-state index >= 15 is 0 Å². The number of ketones is 1. The number of benzene rings is 2. The minimum atomic E-state index is -0.375. The van der Waals surface area contributed by atoms with Crippen LogP contribution in [0.15, 0.2) is 59.1 Å². The van der Waals surface area contributed by atoms with Crippen molar-refractivity contribution in [1.82, 2.24) is 0 Å². The van der Waals surface area contributed by atoms with Crippen molar-refractivity contribution in [2.75, 3.05) is 0 Å². The second kappa shape index (κ2) is 5.30. The first-order valence-electron chi connectivity index (χ1n) is 6.75. The maximum absolute atomic E-state index is 12.4. The molecule has 106 valence electrons. The fourth-order valence-corrected chi connectivity index (χ4v) is 2.37. The molecule has 0 amide bonds. The number of aliphatic imine (C=N–C) groups is 1. The van der Waals surface area contributed by atoms with Crippen LogP contribution in [0.4, 0.5) is 5.69 Å². The van der Waals surface area contributed by atoms with Crippen LogP contribution in [-0.4, -0.2) is 16.6 Å². The third kappa shape index (κ3) is 2.19. The molecule has 1 aliphatic carbocycles. The van der Waals surface area contributed by atoms with Gasteiger partial charge in [-0.05, 0) is 19.1 Å². The predicted octanol–water partition coefficient (Wildman–Crippen LogP) is 3.76. The Bertz CT molecular complexity index is 869. The van der Waals surface area contributed by atoms with Gasteiger partial charge in [-0.1, -0.05) is 42.0 Å². The zero-order valence-corrected chi connectivity index (χ0v) is 11.9. The second-order valence-corrected chi connectivity index (χ2v) is 5.01.